The summed E-state index contributed by atoms with van der Waals surface area (Å²) >= 11 is 0. The summed E-state index contributed by atoms with van der Waals surface area (Å²) in [5.41, 5.74) is 5.66. The first-order valence-electron chi connectivity index (χ1n) is 7.17. The number of hydrogen-bond acceptors (Lipinski definition) is 2. The fourth-order valence-electron chi connectivity index (χ4n) is 3.20. The van der Waals surface area contributed by atoms with E-state index in [1.54, 1.807) is 0 Å². The standard InChI is InChI=1S/C14H27N3/c1-14(13(15)16)7-10-17(11-8-14)9-6-12-4-2-3-5-12/h12H,2-11H2,1H3,(H3,15,16). The van der Waals surface area contributed by atoms with Gasteiger partial charge in [0.05, 0.1) is 5.84 Å². The molecule has 1 saturated carbocycles. The first-order chi connectivity index (χ1) is 8.10. The average molecular weight is 237 g/mol. The molecule has 3 nitrogen and oxygen atoms in total. The van der Waals surface area contributed by atoms with Crippen molar-refractivity contribution in [1.29, 1.82) is 5.41 Å². The van der Waals surface area contributed by atoms with Gasteiger partial charge in [-0.15, -0.1) is 0 Å². The fourth-order valence-corrected chi connectivity index (χ4v) is 3.20. The maximum Gasteiger partial charge on any atom is 0.0966 e. The molecule has 0 radical (unpaired) electrons. The van der Waals surface area contributed by atoms with Crippen molar-refractivity contribution in [3.63, 3.8) is 0 Å². The summed E-state index contributed by atoms with van der Waals surface area (Å²) in [5.74, 6) is 1.38. The molecular weight excluding hydrogens is 210 g/mol. The van der Waals surface area contributed by atoms with Crippen molar-refractivity contribution in [2.24, 2.45) is 17.1 Å². The fraction of sp³-hybridized carbons (Fsp3) is 0.929. The maximum absolute atomic E-state index is 7.65. The van der Waals surface area contributed by atoms with Crippen molar-refractivity contribution < 1.29 is 0 Å². The smallest absolute Gasteiger partial charge is 0.0966 e. The Balaban J connectivity index is 1.70. The Morgan fingerprint density at radius 1 is 1.29 bits per heavy atom. The van der Waals surface area contributed by atoms with E-state index in [9.17, 15) is 0 Å². The molecule has 1 aliphatic carbocycles. The van der Waals surface area contributed by atoms with Crippen LogP contribution in [-0.4, -0.2) is 30.4 Å². The molecule has 3 N–H and O–H groups in total. The van der Waals surface area contributed by atoms with Crippen molar-refractivity contribution in [2.45, 2.75) is 51.9 Å². The van der Waals surface area contributed by atoms with Gasteiger partial charge in [0.25, 0.3) is 0 Å². The Kier molecular flexibility index (Phi) is 4.08. The first-order valence-corrected chi connectivity index (χ1v) is 7.17. The highest BCUT2D eigenvalue weighted by Gasteiger charge is 2.32. The summed E-state index contributed by atoms with van der Waals surface area (Å²) in [6.45, 7) is 5.66. The van der Waals surface area contributed by atoms with Crippen LogP contribution in [-0.2, 0) is 0 Å². The van der Waals surface area contributed by atoms with Gasteiger partial charge in [0, 0.05) is 5.41 Å². The average Bonchev–Trinajstić information content (AvgIpc) is 2.81. The predicted octanol–water partition coefficient (Wildman–Crippen LogP) is 2.60. The van der Waals surface area contributed by atoms with Crippen LogP contribution in [0.5, 0.6) is 0 Å². The number of hydrogen-bond donors (Lipinski definition) is 2. The minimum absolute atomic E-state index is 0.0239. The van der Waals surface area contributed by atoms with Crippen LogP contribution in [0.3, 0.4) is 0 Å². The highest BCUT2D eigenvalue weighted by atomic mass is 15.1. The second-order valence-electron chi connectivity index (χ2n) is 6.26. The van der Waals surface area contributed by atoms with Crippen molar-refractivity contribution >= 4 is 5.84 Å². The van der Waals surface area contributed by atoms with Gasteiger partial charge in [0.15, 0.2) is 0 Å². The van der Waals surface area contributed by atoms with Crippen LogP contribution in [0.1, 0.15) is 51.9 Å². The van der Waals surface area contributed by atoms with Gasteiger partial charge < -0.3 is 10.6 Å². The van der Waals surface area contributed by atoms with E-state index >= 15 is 0 Å². The minimum Gasteiger partial charge on any atom is -0.387 e. The number of nitrogens with two attached hydrogens (primary N) is 1. The molecule has 1 heterocycles. The highest BCUT2D eigenvalue weighted by molar-refractivity contribution is 5.83. The van der Waals surface area contributed by atoms with Crippen molar-refractivity contribution in [2.75, 3.05) is 19.6 Å². The summed E-state index contributed by atoms with van der Waals surface area (Å²) in [6.07, 6.45) is 9.33. The predicted molar refractivity (Wildman–Crippen MR) is 72.3 cm³/mol. The molecular formula is C14H27N3. The first kappa shape index (κ1) is 12.9. The highest BCUT2D eigenvalue weighted by Crippen LogP contribution is 2.32. The van der Waals surface area contributed by atoms with Crippen LogP contribution >= 0.6 is 0 Å². The number of likely N-dealkylation sites (tertiary alicyclic amines) is 1. The third-order valence-electron chi connectivity index (χ3n) is 4.94. The van der Waals surface area contributed by atoms with E-state index in [0.717, 1.165) is 31.8 Å². The second kappa shape index (κ2) is 5.38. The third kappa shape index (κ3) is 3.21. The monoisotopic (exact) mass is 237 g/mol. The third-order valence-corrected chi connectivity index (χ3v) is 4.94. The molecule has 2 fully saturated rings. The van der Waals surface area contributed by atoms with Gasteiger partial charge in [-0.3, -0.25) is 5.41 Å². The molecule has 0 aromatic rings. The van der Waals surface area contributed by atoms with Crippen LogP contribution in [0.15, 0.2) is 0 Å². The zero-order valence-corrected chi connectivity index (χ0v) is 11.2. The molecule has 1 aliphatic heterocycles. The Labute approximate surface area is 105 Å². The van der Waals surface area contributed by atoms with Gasteiger partial charge in [0.2, 0.25) is 0 Å². The second-order valence-corrected chi connectivity index (χ2v) is 6.26. The molecule has 2 rings (SSSR count). The van der Waals surface area contributed by atoms with E-state index in [4.69, 9.17) is 11.1 Å². The lowest BCUT2D eigenvalue weighted by atomic mass is 9.79. The summed E-state index contributed by atoms with van der Waals surface area (Å²) < 4.78 is 0. The molecule has 3 heteroatoms. The normalized spacial score (nSPS) is 26.2. The van der Waals surface area contributed by atoms with E-state index in [-0.39, 0.29) is 5.41 Å². The van der Waals surface area contributed by atoms with Gasteiger partial charge in [0.1, 0.15) is 0 Å². The van der Waals surface area contributed by atoms with E-state index in [0.29, 0.717) is 5.84 Å². The molecule has 17 heavy (non-hydrogen) atoms. The van der Waals surface area contributed by atoms with Crippen LogP contribution < -0.4 is 5.73 Å². The Morgan fingerprint density at radius 2 is 1.88 bits per heavy atom. The Hall–Kier alpha value is -0.570. The Bertz CT molecular complexity index is 261. The van der Waals surface area contributed by atoms with Gasteiger partial charge in [-0.2, -0.15) is 0 Å². The number of nitrogens with one attached hydrogen (secondary N) is 1. The van der Waals surface area contributed by atoms with Crippen molar-refractivity contribution in [3.8, 4) is 0 Å². The molecule has 2 aliphatic rings. The lowest BCUT2D eigenvalue weighted by Gasteiger charge is -2.38. The van der Waals surface area contributed by atoms with Crippen LogP contribution in [0, 0.1) is 16.7 Å². The minimum atomic E-state index is -0.0239. The molecule has 0 spiro atoms. The number of rotatable bonds is 4. The van der Waals surface area contributed by atoms with Gasteiger partial charge >= 0.3 is 0 Å². The molecule has 1 saturated heterocycles. The van der Waals surface area contributed by atoms with Crippen molar-refractivity contribution in [3.05, 3.63) is 0 Å². The zero-order valence-electron chi connectivity index (χ0n) is 11.2. The molecule has 0 aromatic carbocycles. The summed E-state index contributed by atoms with van der Waals surface area (Å²) in [4.78, 5) is 2.57. The zero-order chi connectivity index (χ0) is 12.3. The van der Waals surface area contributed by atoms with E-state index in [2.05, 4.69) is 11.8 Å². The topological polar surface area (TPSA) is 53.1 Å². The molecule has 98 valence electrons. The quantitative estimate of drug-likeness (QED) is 0.583. The number of piperidine rings is 1. The van der Waals surface area contributed by atoms with E-state index in [1.807, 2.05) is 0 Å². The molecule has 0 atom stereocenters. The molecule has 0 amide bonds. The molecule has 0 bridgehead atoms. The largest absolute Gasteiger partial charge is 0.387 e. The van der Waals surface area contributed by atoms with Crippen LogP contribution in [0.2, 0.25) is 0 Å². The van der Waals surface area contributed by atoms with E-state index in [1.165, 1.54) is 38.6 Å². The van der Waals surface area contributed by atoms with Crippen LogP contribution in [0.25, 0.3) is 0 Å². The van der Waals surface area contributed by atoms with Gasteiger partial charge in [-0.05, 0) is 44.8 Å². The number of nitrogens with zero attached hydrogens (tertiary/aromatic N) is 1. The Morgan fingerprint density at radius 3 is 2.41 bits per heavy atom. The van der Waals surface area contributed by atoms with Crippen molar-refractivity contribution in [1.82, 2.24) is 4.90 Å². The maximum atomic E-state index is 7.65. The summed E-state index contributed by atoms with van der Waals surface area (Å²) in [7, 11) is 0. The van der Waals surface area contributed by atoms with Gasteiger partial charge in [-0.1, -0.05) is 32.6 Å². The number of amidine groups is 1. The van der Waals surface area contributed by atoms with E-state index < -0.39 is 0 Å². The lowest BCUT2D eigenvalue weighted by molar-refractivity contribution is 0.154. The van der Waals surface area contributed by atoms with Gasteiger partial charge in [-0.25, -0.2) is 0 Å². The summed E-state index contributed by atoms with van der Waals surface area (Å²) in [6, 6.07) is 0. The molecule has 0 aromatic heterocycles. The SMILES string of the molecule is CC1(C(=N)N)CCN(CCC2CCCC2)CC1. The lowest BCUT2D eigenvalue weighted by Crippen LogP contribution is -2.45. The molecule has 0 unspecified atom stereocenters. The van der Waals surface area contributed by atoms with Crippen LogP contribution in [0.4, 0.5) is 0 Å². The summed E-state index contributed by atoms with van der Waals surface area (Å²) in [5, 5.41) is 7.65.